The van der Waals surface area contributed by atoms with Crippen molar-refractivity contribution < 1.29 is 0 Å². The minimum Gasteiger partial charge on any atom is -0.360 e. The van der Waals surface area contributed by atoms with Crippen molar-refractivity contribution in [1.29, 1.82) is 0 Å². The fraction of sp³-hybridized carbons (Fsp3) is 0.579. The van der Waals surface area contributed by atoms with Gasteiger partial charge in [-0.25, -0.2) is 0 Å². The fourth-order valence-corrected chi connectivity index (χ4v) is 4.72. The predicted molar refractivity (Wildman–Crippen MR) is 108 cm³/mol. The molecule has 0 amide bonds. The maximum absolute atomic E-state index is 4.76. The van der Waals surface area contributed by atoms with Crippen LogP contribution in [0.5, 0.6) is 0 Å². The summed E-state index contributed by atoms with van der Waals surface area (Å²) in [7, 11) is 1.87. The van der Waals surface area contributed by atoms with Gasteiger partial charge in [0.15, 0.2) is 5.96 Å². The summed E-state index contributed by atoms with van der Waals surface area (Å²) < 4.78 is 2.16. The van der Waals surface area contributed by atoms with Crippen molar-refractivity contribution in [3.8, 4) is 0 Å². The first-order chi connectivity index (χ1) is 12.8. The summed E-state index contributed by atoms with van der Waals surface area (Å²) in [5.74, 6) is 0.978. The van der Waals surface area contributed by atoms with E-state index in [1.807, 2.05) is 18.4 Å². The molecule has 3 heterocycles. The highest BCUT2D eigenvalue weighted by Gasteiger charge is 2.21. The molecule has 4 rings (SSSR count). The van der Waals surface area contributed by atoms with Gasteiger partial charge in [-0.3, -0.25) is 9.67 Å². The third kappa shape index (κ3) is 3.87. The van der Waals surface area contributed by atoms with Crippen LogP contribution in [0.3, 0.4) is 0 Å². The Morgan fingerprint density at radius 3 is 2.73 bits per heavy atom. The van der Waals surface area contributed by atoms with Crippen LogP contribution in [0, 0.1) is 0 Å². The molecule has 2 aromatic rings. The maximum Gasteiger partial charge on any atom is 0.194 e. The predicted octanol–water partition coefficient (Wildman–Crippen LogP) is 2.96. The Balaban J connectivity index is 1.28. The van der Waals surface area contributed by atoms with Gasteiger partial charge in [0.1, 0.15) is 0 Å². The minimum absolute atomic E-state index is 0.605. The third-order valence-electron chi connectivity index (χ3n) is 5.40. The molecule has 1 saturated heterocycles. The van der Waals surface area contributed by atoms with E-state index in [0.717, 1.165) is 44.4 Å². The smallest absolute Gasteiger partial charge is 0.194 e. The van der Waals surface area contributed by atoms with E-state index in [-0.39, 0.29) is 0 Å². The van der Waals surface area contributed by atoms with Gasteiger partial charge in [0.2, 0.25) is 0 Å². The van der Waals surface area contributed by atoms with Gasteiger partial charge in [-0.05, 0) is 36.4 Å². The second-order valence-corrected chi connectivity index (χ2v) is 7.98. The molecule has 0 atom stereocenters. The van der Waals surface area contributed by atoms with Gasteiger partial charge < -0.3 is 15.1 Å². The Morgan fingerprint density at radius 2 is 2.04 bits per heavy atom. The monoisotopic (exact) mass is 372 g/mol. The van der Waals surface area contributed by atoms with Crippen molar-refractivity contribution in [2.45, 2.75) is 38.3 Å². The van der Waals surface area contributed by atoms with Crippen LogP contribution in [0.1, 0.15) is 37.4 Å². The van der Waals surface area contributed by atoms with Crippen LogP contribution >= 0.6 is 11.3 Å². The Bertz CT molecular complexity index is 708. The van der Waals surface area contributed by atoms with Gasteiger partial charge in [-0.1, -0.05) is 12.8 Å². The number of hydrogen-bond donors (Lipinski definition) is 1. The molecule has 6 nitrogen and oxygen atoms in total. The highest BCUT2D eigenvalue weighted by molar-refractivity contribution is 7.14. The summed E-state index contributed by atoms with van der Waals surface area (Å²) in [5.41, 5.74) is 1.09. The van der Waals surface area contributed by atoms with Crippen molar-refractivity contribution in [1.82, 2.24) is 20.0 Å². The normalized spacial score (nSPS) is 19.3. The summed E-state index contributed by atoms with van der Waals surface area (Å²) in [6.45, 7) is 4.80. The van der Waals surface area contributed by atoms with Gasteiger partial charge in [0.05, 0.1) is 23.3 Å². The van der Waals surface area contributed by atoms with Crippen LogP contribution in [-0.2, 0) is 6.54 Å². The third-order valence-corrected chi connectivity index (χ3v) is 6.33. The largest absolute Gasteiger partial charge is 0.360 e. The van der Waals surface area contributed by atoms with Crippen LogP contribution in [0.2, 0.25) is 0 Å². The van der Waals surface area contributed by atoms with Crippen molar-refractivity contribution in [3.05, 3.63) is 35.5 Å². The summed E-state index contributed by atoms with van der Waals surface area (Å²) in [6.07, 6.45) is 7.34. The summed E-state index contributed by atoms with van der Waals surface area (Å²) in [5, 5.41) is 11.8. The van der Waals surface area contributed by atoms with E-state index in [2.05, 4.69) is 54.6 Å². The summed E-state index contributed by atoms with van der Waals surface area (Å²) in [4.78, 5) is 9.28. The Morgan fingerprint density at radius 1 is 1.23 bits per heavy atom. The first-order valence-electron chi connectivity index (χ1n) is 9.61. The summed E-state index contributed by atoms with van der Waals surface area (Å²) >= 11 is 1.82. The topological polar surface area (TPSA) is 48.7 Å². The number of nitrogens with one attached hydrogen (secondary N) is 1. The molecule has 0 aromatic carbocycles. The number of nitrogens with zero attached hydrogens (tertiary/aromatic N) is 5. The first kappa shape index (κ1) is 17.4. The average molecular weight is 373 g/mol. The molecule has 0 bridgehead atoms. The van der Waals surface area contributed by atoms with Crippen LogP contribution in [-0.4, -0.2) is 53.9 Å². The molecule has 1 saturated carbocycles. The zero-order valence-electron chi connectivity index (χ0n) is 15.5. The van der Waals surface area contributed by atoms with Gasteiger partial charge in [-0.2, -0.15) is 5.10 Å². The van der Waals surface area contributed by atoms with E-state index in [9.17, 15) is 0 Å². The molecule has 1 aliphatic carbocycles. The van der Waals surface area contributed by atoms with Crippen molar-refractivity contribution in [2.75, 3.05) is 38.1 Å². The number of hydrogen-bond acceptors (Lipinski definition) is 4. The first-order valence-corrected chi connectivity index (χ1v) is 10.5. The molecule has 1 N–H and O–H groups in total. The second-order valence-electron chi connectivity index (χ2n) is 7.05. The minimum atomic E-state index is 0.605. The van der Waals surface area contributed by atoms with Crippen LogP contribution < -0.4 is 10.2 Å². The Kier molecular flexibility index (Phi) is 5.43. The van der Waals surface area contributed by atoms with E-state index in [1.165, 1.54) is 30.7 Å². The van der Waals surface area contributed by atoms with E-state index >= 15 is 0 Å². The average Bonchev–Trinajstić information content (AvgIpc) is 3.43. The number of rotatable bonds is 4. The Hall–Kier alpha value is -2.02. The highest BCUT2D eigenvalue weighted by atomic mass is 32.1. The molecule has 0 spiro atoms. The summed E-state index contributed by atoms with van der Waals surface area (Å²) in [6, 6.07) is 7.06. The van der Waals surface area contributed by atoms with Crippen LogP contribution in [0.4, 0.5) is 5.00 Å². The molecule has 0 unspecified atom stereocenters. The van der Waals surface area contributed by atoms with Gasteiger partial charge >= 0.3 is 0 Å². The van der Waals surface area contributed by atoms with Gasteiger partial charge in [-0.15, -0.1) is 11.3 Å². The highest BCUT2D eigenvalue weighted by Crippen LogP contribution is 2.28. The molecule has 7 heteroatoms. The van der Waals surface area contributed by atoms with E-state index in [1.54, 1.807) is 0 Å². The van der Waals surface area contributed by atoms with Gasteiger partial charge in [0.25, 0.3) is 0 Å². The maximum atomic E-state index is 4.76. The lowest BCUT2D eigenvalue weighted by molar-refractivity contribution is 0.373. The Labute approximate surface area is 159 Å². The van der Waals surface area contributed by atoms with Gasteiger partial charge in [0, 0.05) is 39.4 Å². The molecule has 26 heavy (non-hydrogen) atoms. The van der Waals surface area contributed by atoms with Crippen molar-refractivity contribution in [3.63, 3.8) is 0 Å². The quantitative estimate of drug-likeness (QED) is 0.662. The number of aliphatic imine (C=N–C) groups is 1. The van der Waals surface area contributed by atoms with E-state index in [0.29, 0.717) is 6.04 Å². The SMILES string of the molecule is CN=C(NCc1ccn(C2CCCC2)n1)N1CCN(c2cccs2)CC1. The zero-order chi connectivity index (χ0) is 17.8. The number of thiophene rings is 1. The molecule has 2 aliphatic rings. The second kappa shape index (κ2) is 8.12. The lowest BCUT2D eigenvalue weighted by Crippen LogP contribution is -2.52. The molecular weight excluding hydrogens is 344 g/mol. The number of guanidine groups is 1. The fourth-order valence-electron chi connectivity index (χ4n) is 3.93. The lowest BCUT2D eigenvalue weighted by Gasteiger charge is -2.36. The van der Waals surface area contributed by atoms with Crippen molar-refractivity contribution >= 4 is 22.3 Å². The van der Waals surface area contributed by atoms with Crippen molar-refractivity contribution in [2.24, 2.45) is 4.99 Å². The lowest BCUT2D eigenvalue weighted by atomic mass is 10.3. The standard InChI is InChI=1S/C19H28N6S/c1-20-19(24-12-10-23(11-13-24)18-7-4-14-26-18)21-15-16-8-9-25(22-16)17-5-2-3-6-17/h4,7-9,14,17H,2-3,5-6,10-13,15H2,1H3,(H,20,21). The van der Waals surface area contributed by atoms with Crippen LogP contribution in [0.15, 0.2) is 34.8 Å². The zero-order valence-corrected chi connectivity index (χ0v) is 16.3. The molecule has 2 aromatic heterocycles. The van der Waals surface area contributed by atoms with Crippen LogP contribution in [0.25, 0.3) is 0 Å². The number of anilines is 1. The molecule has 1 aliphatic heterocycles. The van der Waals surface area contributed by atoms with E-state index in [4.69, 9.17) is 5.10 Å². The number of piperazine rings is 1. The molecule has 2 fully saturated rings. The molecule has 0 radical (unpaired) electrons. The molecule has 140 valence electrons. The number of aromatic nitrogens is 2. The molecular formula is C19H28N6S. The van der Waals surface area contributed by atoms with E-state index < -0.39 is 0 Å².